The summed E-state index contributed by atoms with van der Waals surface area (Å²) in [7, 11) is 2.13. The molecular weight excluding hydrogens is 218 g/mol. The molecule has 0 bridgehead atoms. The summed E-state index contributed by atoms with van der Waals surface area (Å²) in [4.78, 5) is 0. The van der Waals surface area contributed by atoms with Crippen molar-refractivity contribution in [1.29, 1.82) is 0 Å². The average molecular weight is 241 g/mol. The Balaban J connectivity index is 2.34. The van der Waals surface area contributed by atoms with Crippen LogP contribution in [-0.2, 0) is 7.05 Å². The van der Waals surface area contributed by atoms with Crippen LogP contribution in [0.2, 0.25) is 0 Å². The molecule has 0 saturated carbocycles. The molecule has 1 heterocycles. The van der Waals surface area contributed by atoms with E-state index >= 15 is 0 Å². The van der Waals surface area contributed by atoms with E-state index in [2.05, 4.69) is 75.8 Å². The van der Waals surface area contributed by atoms with Gasteiger partial charge >= 0.3 is 0 Å². The lowest BCUT2D eigenvalue weighted by Crippen LogP contribution is -1.95. The lowest BCUT2D eigenvalue weighted by molar-refractivity contribution is 0.741. The Hall–Kier alpha value is -1.50. The molecule has 0 aliphatic heterocycles. The highest BCUT2D eigenvalue weighted by Gasteiger charge is 2.08. The van der Waals surface area contributed by atoms with Gasteiger partial charge in [-0.1, -0.05) is 52.0 Å². The zero-order valence-corrected chi connectivity index (χ0v) is 12.1. The second-order valence-corrected chi connectivity index (χ2v) is 5.70. The summed E-state index contributed by atoms with van der Waals surface area (Å²) in [5.41, 5.74) is 5.41. The molecule has 0 saturated heterocycles. The molecular formula is C17H23N. The van der Waals surface area contributed by atoms with Gasteiger partial charge in [0.2, 0.25) is 0 Å². The number of aromatic nitrogens is 1. The van der Waals surface area contributed by atoms with Gasteiger partial charge in [-0.05, 0) is 34.6 Å². The quantitative estimate of drug-likeness (QED) is 0.717. The van der Waals surface area contributed by atoms with Crippen LogP contribution in [0, 0.1) is 0 Å². The van der Waals surface area contributed by atoms with Gasteiger partial charge in [0.05, 0.1) is 0 Å². The largest absolute Gasteiger partial charge is 0.354 e. The maximum Gasteiger partial charge on any atom is 0.0203 e. The van der Waals surface area contributed by atoms with Gasteiger partial charge in [0.1, 0.15) is 0 Å². The molecule has 0 fully saturated rings. The highest BCUT2D eigenvalue weighted by atomic mass is 14.9. The van der Waals surface area contributed by atoms with Crippen molar-refractivity contribution < 1.29 is 0 Å². The molecule has 18 heavy (non-hydrogen) atoms. The van der Waals surface area contributed by atoms with Gasteiger partial charge in [-0.15, -0.1) is 0 Å². The maximum atomic E-state index is 2.30. The van der Waals surface area contributed by atoms with Gasteiger partial charge in [-0.3, -0.25) is 0 Å². The summed E-state index contributed by atoms with van der Waals surface area (Å²) in [5.74, 6) is 1.17. The minimum Gasteiger partial charge on any atom is -0.354 e. The molecule has 0 unspecified atom stereocenters. The van der Waals surface area contributed by atoms with Crippen LogP contribution in [-0.4, -0.2) is 4.57 Å². The van der Waals surface area contributed by atoms with Crippen LogP contribution in [0.25, 0.3) is 11.1 Å². The van der Waals surface area contributed by atoms with Crippen molar-refractivity contribution in [1.82, 2.24) is 4.57 Å². The van der Waals surface area contributed by atoms with Crippen molar-refractivity contribution in [2.24, 2.45) is 7.05 Å². The third-order valence-electron chi connectivity index (χ3n) is 3.55. The van der Waals surface area contributed by atoms with Crippen molar-refractivity contribution in [2.45, 2.75) is 39.5 Å². The van der Waals surface area contributed by atoms with E-state index in [9.17, 15) is 0 Å². The Morgan fingerprint density at radius 2 is 1.44 bits per heavy atom. The monoisotopic (exact) mass is 241 g/mol. The second kappa shape index (κ2) is 5.01. The molecule has 0 spiro atoms. The molecule has 1 nitrogen and oxygen atoms in total. The fourth-order valence-corrected chi connectivity index (χ4v) is 2.37. The first-order valence-electron chi connectivity index (χ1n) is 6.75. The third kappa shape index (κ3) is 2.50. The van der Waals surface area contributed by atoms with Crippen molar-refractivity contribution in [3.8, 4) is 11.1 Å². The number of nitrogens with zero attached hydrogens (tertiary/aromatic N) is 1. The summed E-state index contributed by atoms with van der Waals surface area (Å²) in [6.45, 7) is 8.94. The minimum absolute atomic E-state index is 0.568. The molecule has 2 aromatic rings. The molecule has 0 radical (unpaired) electrons. The predicted octanol–water partition coefficient (Wildman–Crippen LogP) is 4.94. The van der Waals surface area contributed by atoms with Crippen LogP contribution < -0.4 is 0 Å². The Bertz CT molecular complexity index is 515. The molecule has 0 N–H and O–H groups in total. The molecule has 1 aromatic carbocycles. The van der Waals surface area contributed by atoms with Gasteiger partial charge in [0, 0.05) is 18.9 Å². The van der Waals surface area contributed by atoms with Crippen LogP contribution in [0.1, 0.15) is 50.8 Å². The summed E-state index contributed by atoms with van der Waals surface area (Å²) in [6.07, 6.45) is 2.22. The third-order valence-corrected chi connectivity index (χ3v) is 3.55. The van der Waals surface area contributed by atoms with Crippen LogP contribution in [0.5, 0.6) is 0 Å². The first-order valence-corrected chi connectivity index (χ1v) is 6.75. The highest BCUT2D eigenvalue weighted by molar-refractivity contribution is 5.64. The number of rotatable bonds is 3. The summed E-state index contributed by atoms with van der Waals surface area (Å²) < 4.78 is 2.23. The number of hydrogen-bond acceptors (Lipinski definition) is 0. The van der Waals surface area contributed by atoms with E-state index in [1.165, 1.54) is 22.4 Å². The summed E-state index contributed by atoms with van der Waals surface area (Å²) >= 11 is 0. The Kier molecular flexibility index (Phi) is 3.60. The van der Waals surface area contributed by atoms with E-state index in [0.717, 1.165) is 0 Å². The number of aryl methyl sites for hydroxylation is 1. The topological polar surface area (TPSA) is 4.93 Å². The Morgan fingerprint density at radius 1 is 0.833 bits per heavy atom. The number of hydrogen-bond donors (Lipinski definition) is 0. The second-order valence-electron chi connectivity index (χ2n) is 5.70. The van der Waals surface area contributed by atoms with Crippen molar-refractivity contribution in [3.63, 3.8) is 0 Å². The Morgan fingerprint density at radius 3 is 1.89 bits per heavy atom. The van der Waals surface area contributed by atoms with Gasteiger partial charge in [0.25, 0.3) is 0 Å². The van der Waals surface area contributed by atoms with Crippen molar-refractivity contribution >= 4 is 0 Å². The molecule has 2 rings (SSSR count). The van der Waals surface area contributed by atoms with Gasteiger partial charge < -0.3 is 4.57 Å². The predicted molar refractivity (Wildman–Crippen MR) is 79.0 cm³/mol. The summed E-state index contributed by atoms with van der Waals surface area (Å²) in [6, 6.07) is 11.2. The average Bonchev–Trinajstić information content (AvgIpc) is 2.71. The molecule has 0 aliphatic rings. The maximum absolute atomic E-state index is 2.30. The van der Waals surface area contributed by atoms with Gasteiger partial charge in [0.15, 0.2) is 0 Å². The van der Waals surface area contributed by atoms with Crippen molar-refractivity contribution in [2.75, 3.05) is 0 Å². The fourth-order valence-electron chi connectivity index (χ4n) is 2.37. The minimum atomic E-state index is 0.568. The zero-order valence-electron chi connectivity index (χ0n) is 12.1. The van der Waals surface area contributed by atoms with E-state index in [0.29, 0.717) is 11.8 Å². The van der Waals surface area contributed by atoms with Gasteiger partial charge in [-0.25, -0.2) is 0 Å². The van der Waals surface area contributed by atoms with Gasteiger partial charge in [-0.2, -0.15) is 0 Å². The molecule has 1 aromatic heterocycles. The first kappa shape index (κ1) is 12.9. The fraction of sp³-hybridized carbons (Fsp3) is 0.412. The smallest absolute Gasteiger partial charge is 0.0203 e. The standard InChI is InChI=1S/C17H23N/c1-12(2)14-6-8-15(9-7-14)16-10-17(13(3)4)18(5)11-16/h6-13H,1-5H3. The molecule has 0 atom stereocenters. The normalized spacial score (nSPS) is 11.5. The van der Waals surface area contributed by atoms with Crippen LogP contribution in [0.15, 0.2) is 36.5 Å². The molecule has 1 heteroatoms. The molecule has 0 aliphatic carbocycles. The Labute approximate surface area is 110 Å². The van der Waals surface area contributed by atoms with Crippen LogP contribution in [0.4, 0.5) is 0 Å². The van der Waals surface area contributed by atoms with Crippen LogP contribution in [0.3, 0.4) is 0 Å². The van der Waals surface area contributed by atoms with Crippen molar-refractivity contribution in [3.05, 3.63) is 47.8 Å². The lowest BCUT2D eigenvalue weighted by Gasteiger charge is -2.05. The van der Waals surface area contributed by atoms with Crippen LogP contribution >= 0.6 is 0 Å². The van der Waals surface area contributed by atoms with E-state index in [-0.39, 0.29) is 0 Å². The van der Waals surface area contributed by atoms with E-state index < -0.39 is 0 Å². The van der Waals surface area contributed by atoms with E-state index in [1.807, 2.05) is 0 Å². The SMILES string of the molecule is CC(C)c1ccc(-c2cc(C(C)C)n(C)c2)cc1. The lowest BCUT2D eigenvalue weighted by atomic mass is 9.99. The first-order chi connectivity index (χ1) is 8.49. The zero-order chi connectivity index (χ0) is 13.3. The van der Waals surface area contributed by atoms with E-state index in [4.69, 9.17) is 0 Å². The molecule has 0 amide bonds. The number of benzene rings is 1. The summed E-state index contributed by atoms with van der Waals surface area (Å²) in [5, 5.41) is 0. The molecule has 96 valence electrons. The van der Waals surface area contributed by atoms with E-state index in [1.54, 1.807) is 0 Å². The highest BCUT2D eigenvalue weighted by Crippen LogP contribution is 2.27.